The Morgan fingerprint density at radius 1 is 1.19 bits per heavy atom. The summed E-state index contributed by atoms with van der Waals surface area (Å²) in [7, 11) is 2.07. The number of rotatable bonds is 6. The molecule has 1 aliphatic heterocycles. The van der Waals surface area contributed by atoms with Crippen LogP contribution in [0.2, 0.25) is 5.02 Å². The molecule has 2 N–H and O–H groups in total. The Labute approximate surface area is 190 Å². The number of aliphatic hydroxyl groups excluding tert-OH is 2. The van der Waals surface area contributed by atoms with E-state index < -0.39 is 12.2 Å². The van der Waals surface area contributed by atoms with Gasteiger partial charge in [-0.1, -0.05) is 11.6 Å². The van der Waals surface area contributed by atoms with Gasteiger partial charge < -0.3 is 20.0 Å². The number of fused-ring (bicyclic) bond motifs is 3. The fourth-order valence-electron chi connectivity index (χ4n) is 4.07. The Bertz CT molecular complexity index is 1130. The van der Waals surface area contributed by atoms with Crippen molar-refractivity contribution in [2.24, 2.45) is 0 Å². The zero-order valence-corrected chi connectivity index (χ0v) is 19.4. The third kappa shape index (κ3) is 4.49. The number of anilines is 1. The van der Waals surface area contributed by atoms with Gasteiger partial charge in [-0.2, -0.15) is 0 Å². The molecule has 2 aromatic heterocycles. The SMILES string of the molecule is C[C@@H](O)CN(C[C@@H](C)O)c1nc2sc3c(c2c(=O)n1-c1ccc(Cl)cc1)CCN(C)C3. The molecule has 2 atom stereocenters. The Kier molecular flexibility index (Phi) is 6.37. The maximum atomic E-state index is 13.9. The quantitative estimate of drug-likeness (QED) is 0.586. The highest BCUT2D eigenvalue weighted by Gasteiger charge is 2.26. The summed E-state index contributed by atoms with van der Waals surface area (Å²) in [5.41, 5.74) is 1.60. The number of aromatic nitrogens is 2. The Balaban J connectivity index is 1.99. The average Bonchev–Trinajstić information content (AvgIpc) is 3.05. The summed E-state index contributed by atoms with van der Waals surface area (Å²) < 4.78 is 1.58. The van der Waals surface area contributed by atoms with Gasteiger partial charge in [-0.05, 0) is 57.1 Å². The largest absolute Gasteiger partial charge is 0.392 e. The Morgan fingerprint density at radius 2 is 1.84 bits per heavy atom. The van der Waals surface area contributed by atoms with Crippen molar-refractivity contribution in [3.05, 3.63) is 50.1 Å². The zero-order chi connectivity index (χ0) is 22.3. The molecule has 0 spiro atoms. The molecule has 3 aromatic rings. The minimum atomic E-state index is -0.657. The van der Waals surface area contributed by atoms with E-state index in [2.05, 4.69) is 11.9 Å². The van der Waals surface area contributed by atoms with Crippen LogP contribution < -0.4 is 10.5 Å². The van der Waals surface area contributed by atoms with Crippen molar-refractivity contribution < 1.29 is 10.2 Å². The van der Waals surface area contributed by atoms with E-state index in [9.17, 15) is 15.0 Å². The molecule has 1 aliphatic rings. The molecule has 0 bridgehead atoms. The molecule has 0 radical (unpaired) electrons. The lowest BCUT2D eigenvalue weighted by Gasteiger charge is -2.28. The molecule has 0 saturated carbocycles. The van der Waals surface area contributed by atoms with Crippen molar-refractivity contribution in [2.45, 2.75) is 39.0 Å². The molecule has 3 heterocycles. The number of aliphatic hydroxyl groups is 2. The highest BCUT2D eigenvalue weighted by molar-refractivity contribution is 7.18. The molecule has 0 fully saturated rings. The molecular weight excluding hydrogens is 436 g/mol. The number of nitrogens with zero attached hydrogens (tertiary/aromatic N) is 4. The summed E-state index contributed by atoms with van der Waals surface area (Å²) in [5.74, 6) is 0.411. The van der Waals surface area contributed by atoms with Gasteiger partial charge in [-0.15, -0.1) is 11.3 Å². The fourth-order valence-corrected chi connectivity index (χ4v) is 5.48. The second-order valence-corrected chi connectivity index (χ2v) is 9.82. The van der Waals surface area contributed by atoms with Gasteiger partial charge >= 0.3 is 0 Å². The standard InChI is InChI=1S/C22H27ClN4O3S/c1-13(28)10-26(11-14(2)29)22-24-20-19(17-8-9-25(3)12-18(17)31-20)21(30)27(22)16-6-4-15(23)5-7-16/h4-7,13-14,28-29H,8-12H2,1-3H3/t13-,14-/m1/s1. The average molecular weight is 463 g/mol. The third-order valence-electron chi connectivity index (χ3n) is 5.38. The minimum Gasteiger partial charge on any atom is -0.392 e. The topological polar surface area (TPSA) is 81.8 Å². The molecule has 1 aromatic carbocycles. The highest BCUT2D eigenvalue weighted by Crippen LogP contribution is 2.34. The van der Waals surface area contributed by atoms with E-state index in [1.165, 1.54) is 4.88 Å². The van der Waals surface area contributed by atoms with E-state index in [4.69, 9.17) is 16.6 Å². The molecule has 0 unspecified atom stereocenters. The van der Waals surface area contributed by atoms with Crippen LogP contribution in [-0.4, -0.2) is 63.6 Å². The third-order valence-corrected chi connectivity index (χ3v) is 6.75. The smallest absolute Gasteiger partial charge is 0.268 e. The van der Waals surface area contributed by atoms with Crippen molar-refractivity contribution in [1.29, 1.82) is 0 Å². The minimum absolute atomic E-state index is 0.134. The number of likely N-dealkylation sites (N-methyl/N-ethyl adjacent to an activating group) is 1. The Morgan fingerprint density at radius 3 is 2.45 bits per heavy atom. The number of benzene rings is 1. The molecule has 7 nitrogen and oxygen atoms in total. The number of halogens is 1. The normalized spacial score (nSPS) is 16.3. The molecule has 31 heavy (non-hydrogen) atoms. The van der Waals surface area contributed by atoms with E-state index >= 15 is 0 Å². The summed E-state index contributed by atoms with van der Waals surface area (Å²) in [6.45, 7) is 5.54. The van der Waals surface area contributed by atoms with Gasteiger partial charge in [0.05, 0.1) is 23.3 Å². The maximum Gasteiger partial charge on any atom is 0.268 e. The van der Waals surface area contributed by atoms with Crippen molar-refractivity contribution in [3.8, 4) is 5.69 Å². The lowest BCUT2D eigenvalue weighted by atomic mass is 10.1. The number of thiophene rings is 1. The van der Waals surface area contributed by atoms with Gasteiger partial charge in [0.15, 0.2) is 0 Å². The summed E-state index contributed by atoms with van der Waals surface area (Å²) in [4.78, 5) is 24.6. The van der Waals surface area contributed by atoms with Crippen molar-refractivity contribution in [1.82, 2.24) is 14.5 Å². The molecular formula is C22H27ClN4O3S. The van der Waals surface area contributed by atoms with Crippen molar-refractivity contribution >= 4 is 39.1 Å². The van der Waals surface area contributed by atoms with E-state index in [1.807, 2.05) is 0 Å². The van der Waals surface area contributed by atoms with Crippen LogP contribution in [0.5, 0.6) is 0 Å². The first-order chi connectivity index (χ1) is 14.7. The predicted molar refractivity (Wildman–Crippen MR) is 126 cm³/mol. The van der Waals surface area contributed by atoms with Crippen LogP contribution >= 0.6 is 22.9 Å². The first-order valence-corrected chi connectivity index (χ1v) is 11.6. The van der Waals surface area contributed by atoms with E-state index in [-0.39, 0.29) is 18.6 Å². The first-order valence-electron chi connectivity index (χ1n) is 10.4. The van der Waals surface area contributed by atoms with Crippen LogP contribution in [0.15, 0.2) is 29.1 Å². The van der Waals surface area contributed by atoms with Gasteiger partial charge in [0.2, 0.25) is 5.95 Å². The summed E-state index contributed by atoms with van der Waals surface area (Å²) in [6.07, 6.45) is -0.501. The number of hydrogen-bond acceptors (Lipinski definition) is 7. The van der Waals surface area contributed by atoms with Gasteiger partial charge in [-0.3, -0.25) is 4.79 Å². The maximum absolute atomic E-state index is 13.9. The van der Waals surface area contributed by atoms with Crippen molar-refractivity contribution in [3.63, 3.8) is 0 Å². The second kappa shape index (κ2) is 8.88. The van der Waals surface area contributed by atoms with Gasteiger partial charge in [0.25, 0.3) is 5.56 Å². The lowest BCUT2D eigenvalue weighted by molar-refractivity contribution is 0.177. The first kappa shape index (κ1) is 22.2. The van der Waals surface area contributed by atoms with Crippen LogP contribution in [0.3, 0.4) is 0 Å². The fraction of sp³-hybridized carbons (Fsp3) is 0.455. The van der Waals surface area contributed by atoms with Crippen LogP contribution in [-0.2, 0) is 13.0 Å². The van der Waals surface area contributed by atoms with Gasteiger partial charge in [0.1, 0.15) is 4.83 Å². The zero-order valence-electron chi connectivity index (χ0n) is 17.9. The molecule has 0 amide bonds. The predicted octanol–water partition coefficient (Wildman–Crippen LogP) is 2.66. The van der Waals surface area contributed by atoms with Crippen molar-refractivity contribution in [2.75, 3.05) is 31.6 Å². The lowest BCUT2D eigenvalue weighted by Crippen LogP contribution is -2.40. The van der Waals surface area contributed by atoms with Gasteiger partial charge in [-0.25, -0.2) is 9.55 Å². The highest BCUT2D eigenvalue weighted by atomic mass is 35.5. The molecule has 4 rings (SSSR count). The molecule has 9 heteroatoms. The summed E-state index contributed by atoms with van der Waals surface area (Å²) in [6, 6.07) is 7.05. The number of hydrogen-bond donors (Lipinski definition) is 2. The van der Waals surface area contributed by atoms with Crippen LogP contribution in [0, 0.1) is 0 Å². The van der Waals surface area contributed by atoms with E-state index in [0.29, 0.717) is 26.9 Å². The monoisotopic (exact) mass is 462 g/mol. The molecule has 166 valence electrons. The van der Waals surface area contributed by atoms with Crippen LogP contribution in [0.1, 0.15) is 24.3 Å². The van der Waals surface area contributed by atoms with E-state index in [1.54, 1.807) is 58.9 Å². The summed E-state index contributed by atoms with van der Waals surface area (Å²) in [5, 5.41) is 21.4. The second-order valence-electron chi connectivity index (χ2n) is 8.30. The Hall–Kier alpha value is -1.97. The van der Waals surface area contributed by atoms with Crippen LogP contribution in [0.4, 0.5) is 5.95 Å². The summed E-state index contributed by atoms with van der Waals surface area (Å²) >= 11 is 7.64. The van der Waals surface area contributed by atoms with Crippen LogP contribution in [0.25, 0.3) is 15.9 Å². The molecule has 0 saturated heterocycles. The van der Waals surface area contributed by atoms with Gasteiger partial charge in [0, 0.05) is 36.1 Å². The molecule has 0 aliphatic carbocycles. The van der Waals surface area contributed by atoms with E-state index in [0.717, 1.165) is 25.1 Å².